The van der Waals surface area contributed by atoms with Crippen molar-refractivity contribution in [3.05, 3.63) is 63.2 Å². The van der Waals surface area contributed by atoms with Gasteiger partial charge in [-0.3, -0.25) is 0 Å². The van der Waals surface area contributed by atoms with E-state index in [0.29, 0.717) is 0 Å². The Kier molecular flexibility index (Phi) is 4.38. The van der Waals surface area contributed by atoms with Crippen molar-refractivity contribution in [2.45, 2.75) is 34.6 Å². The average Bonchev–Trinajstić information content (AvgIpc) is 2.39. The molecule has 0 radical (unpaired) electrons. The first kappa shape index (κ1) is 15.2. The van der Waals surface area contributed by atoms with Gasteiger partial charge < -0.3 is 4.74 Å². The first-order chi connectivity index (χ1) is 9.92. The molecule has 0 saturated heterocycles. The monoisotopic (exact) mass is 278 g/mol. The molecule has 0 fully saturated rings. The minimum Gasteiger partial charge on any atom is -0.497 e. The Bertz CT molecular complexity index is 696. The summed E-state index contributed by atoms with van der Waals surface area (Å²) in [4.78, 5) is 0. The summed E-state index contributed by atoms with van der Waals surface area (Å²) in [7, 11) is 1.69. The Morgan fingerprint density at radius 1 is 0.667 bits per heavy atom. The molecule has 0 aromatic heterocycles. The SMILES string of the molecule is COc1cc(C)c(C#Cc2c(C)cc(C)cc2C)c(C)c1. The van der Waals surface area contributed by atoms with E-state index in [1.807, 2.05) is 12.1 Å². The minimum atomic E-state index is 0.887. The second kappa shape index (κ2) is 6.06. The lowest BCUT2D eigenvalue weighted by atomic mass is 9.98. The van der Waals surface area contributed by atoms with Crippen molar-refractivity contribution < 1.29 is 4.74 Å². The van der Waals surface area contributed by atoms with E-state index in [4.69, 9.17) is 4.74 Å². The zero-order valence-corrected chi connectivity index (χ0v) is 13.7. The van der Waals surface area contributed by atoms with Crippen LogP contribution in [0.5, 0.6) is 5.75 Å². The van der Waals surface area contributed by atoms with Gasteiger partial charge >= 0.3 is 0 Å². The molecule has 0 spiro atoms. The van der Waals surface area contributed by atoms with Crippen LogP contribution in [0.1, 0.15) is 38.9 Å². The highest BCUT2D eigenvalue weighted by atomic mass is 16.5. The van der Waals surface area contributed by atoms with Crippen LogP contribution in [0.2, 0.25) is 0 Å². The highest BCUT2D eigenvalue weighted by Crippen LogP contribution is 2.21. The first-order valence-electron chi connectivity index (χ1n) is 7.17. The number of aryl methyl sites for hydroxylation is 5. The maximum Gasteiger partial charge on any atom is 0.119 e. The lowest BCUT2D eigenvalue weighted by molar-refractivity contribution is 0.414. The molecule has 2 rings (SSSR count). The molecule has 0 N–H and O–H groups in total. The zero-order valence-electron chi connectivity index (χ0n) is 13.7. The Morgan fingerprint density at radius 2 is 1.05 bits per heavy atom. The maximum absolute atomic E-state index is 5.30. The van der Waals surface area contributed by atoms with Crippen LogP contribution < -0.4 is 4.74 Å². The maximum atomic E-state index is 5.30. The molecular formula is C20H22O. The second-order valence-corrected chi connectivity index (χ2v) is 5.66. The summed E-state index contributed by atoms with van der Waals surface area (Å²) in [6.45, 7) is 10.5. The highest BCUT2D eigenvalue weighted by Gasteiger charge is 2.04. The van der Waals surface area contributed by atoms with Gasteiger partial charge in [0.15, 0.2) is 0 Å². The molecule has 0 aliphatic carbocycles. The van der Waals surface area contributed by atoms with Crippen molar-refractivity contribution in [1.29, 1.82) is 0 Å². The average molecular weight is 278 g/mol. The number of rotatable bonds is 1. The fourth-order valence-corrected chi connectivity index (χ4v) is 2.74. The largest absolute Gasteiger partial charge is 0.497 e. The molecule has 2 aromatic carbocycles. The molecule has 0 saturated carbocycles. The van der Waals surface area contributed by atoms with E-state index in [9.17, 15) is 0 Å². The molecule has 2 aromatic rings. The molecular weight excluding hydrogens is 256 g/mol. The minimum absolute atomic E-state index is 0.887. The van der Waals surface area contributed by atoms with Crippen LogP contribution in [-0.4, -0.2) is 7.11 Å². The van der Waals surface area contributed by atoms with E-state index in [-0.39, 0.29) is 0 Å². The number of benzene rings is 2. The molecule has 0 amide bonds. The van der Waals surface area contributed by atoms with Crippen molar-refractivity contribution >= 4 is 0 Å². The molecule has 0 atom stereocenters. The molecule has 1 heteroatoms. The van der Waals surface area contributed by atoms with Gasteiger partial charge in [0, 0.05) is 11.1 Å². The van der Waals surface area contributed by atoms with Crippen LogP contribution in [0, 0.1) is 46.5 Å². The lowest BCUT2D eigenvalue weighted by Crippen LogP contribution is -1.93. The molecule has 0 aliphatic heterocycles. The van der Waals surface area contributed by atoms with E-state index in [1.54, 1.807) is 7.11 Å². The zero-order chi connectivity index (χ0) is 15.6. The van der Waals surface area contributed by atoms with Crippen molar-refractivity contribution in [2.75, 3.05) is 7.11 Å². The number of hydrogen-bond acceptors (Lipinski definition) is 1. The summed E-state index contributed by atoms with van der Waals surface area (Å²) in [6.07, 6.45) is 0. The third kappa shape index (κ3) is 3.28. The van der Waals surface area contributed by atoms with Gasteiger partial charge in [-0.2, -0.15) is 0 Å². The molecule has 108 valence electrons. The molecule has 0 bridgehead atoms. The van der Waals surface area contributed by atoms with Gasteiger partial charge in [0.1, 0.15) is 5.75 Å². The first-order valence-corrected chi connectivity index (χ1v) is 7.17. The number of hydrogen-bond donors (Lipinski definition) is 0. The predicted octanol–water partition coefficient (Wildman–Crippen LogP) is 4.64. The lowest BCUT2D eigenvalue weighted by Gasteiger charge is -2.08. The van der Waals surface area contributed by atoms with Crippen molar-refractivity contribution in [1.82, 2.24) is 0 Å². The van der Waals surface area contributed by atoms with E-state index in [0.717, 1.165) is 28.0 Å². The fraction of sp³-hybridized carbons (Fsp3) is 0.300. The van der Waals surface area contributed by atoms with E-state index < -0.39 is 0 Å². The summed E-state index contributed by atoms with van der Waals surface area (Å²) in [5.74, 6) is 7.58. The standard InChI is InChI=1S/C20H22O/c1-13-9-14(2)19(15(3)10-13)7-8-20-16(4)11-18(21-6)12-17(20)5/h9-12H,1-6H3. The van der Waals surface area contributed by atoms with Gasteiger partial charge in [0.05, 0.1) is 7.11 Å². The summed E-state index contributed by atoms with van der Waals surface area (Å²) in [6, 6.07) is 8.44. The topological polar surface area (TPSA) is 9.23 Å². The Balaban J connectivity index is 2.50. The number of methoxy groups -OCH3 is 1. The van der Waals surface area contributed by atoms with Gasteiger partial charge in [-0.1, -0.05) is 29.5 Å². The van der Waals surface area contributed by atoms with Crippen LogP contribution in [0.15, 0.2) is 24.3 Å². The van der Waals surface area contributed by atoms with Crippen LogP contribution in [-0.2, 0) is 0 Å². The van der Waals surface area contributed by atoms with Gasteiger partial charge in [-0.15, -0.1) is 0 Å². The third-order valence-electron chi connectivity index (χ3n) is 3.73. The van der Waals surface area contributed by atoms with E-state index >= 15 is 0 Å². The molecule has 0 unspecified atom stereocenters. The quantitative estimate of drug-likeness (QED) is 0.691. The number of ether oxygens (including phenoxy) is 1. The van der Waals surface area contributed by atoms with Gasteiger partial charge in [-0.05, 0) is 69.0 Å². The van der Waals surface area contributed by atoms with Crippen molar-refractivity contribution in [2.24, 2.45) is 0 Å². The van der Waals surface area contributed by atoms with E-state index in [2.05, 4.69) is 58.6 Å². The summed E-state index contributed by atoms with van der Waals surface area (Å²) >= 11 is 0. The highest BCUT2D eigenvalue weighted by molar-refractivity contribution is 5.55. The normalized spacial score (nSPS) is 10.0. The van der Waals surface area contributed by atoms with Crippen LogP contribution in [0.4, 0.5) is 0 Å². The molecule has 0 heterocycles. The molecule has 0 aliphatic rings. The van der Waals surface area contributed by atoms with Gasteiger partial charge in [0.25, 0.3) is 0 Å². The van der Waals surface area contributed by atoms with Gasteiger partial charge in [-0.25, -0.2) is 0 Å². The second-order valence-electron chi connectivity index (χ2n) is 5.66. The van der Waals surface area contributed by atoms with Crippen LogP contribution in [0.25, 0.3) is 0 Å². The van der Waals surface area contributed by atoms with Gasteiger partial charge in [0.2, 0.25) is 0 Å². The smallest absolute Gasteiger partial charge is 0.119 e. The van der Waals surface area contributed by atoms with Crippen molar-refractivity contribution in [3.8, 4) is 17.6 Å². The molecule has 21 heavy (non-hydrogen) atoms. The fourth-order valence-electron chi connectivity index (χ4n) is 2.74. The van der Waals surface area contributed by atoms with E-state index in [1.165, 1.54) is 16.7 Å². The molecule has 1 nitrogen and oxygen atoms in total. The summed E-state index contributed by atoms with van der Waals surface area (Å²) in [5, 5.41) is 0. The van der Waals surface area contributed by atoms with Crippen LogP contribution in [0.3, 0.4) is 0 Å². The van der Waals surface area contributed by atoms with Crippen molar-refractivity contribution in [3.63, 3.8) is 0 Å². The summed E-state index contributed by atoms with van der Waals surface area (Å²) < 4.78 is 5.30. The Labute approximate surface area is 128 Å². The Morgan fingerprint density at radius 3 is 1.43 bits per heavy atom. The van der Waals surface area contributed by atoms with Crippen LogP contribution >= 0.6 is 0 Å². The third-order valence-corrected chi connectivity index (χ3v) is 3.73. The predicted molar refractivity (Wildman–Crippen MR) is 89.1 cm³/mol. The Hall–Kier alpha value is -2.20. The summed E-state index contributed by atoms with van der Waals surface area (Å²) in [5.41, 5.74) is 8.30.